The summed E-state index contributed by atoms with van der Waals surface area (Å²) in [5, 5.41) is 13.6. The predicted molar refractivity (Wildman–Crippen MR) is 76.1 cm³/mol. The van der Waals surface area contributed by atoms with Gasteiger partial charge in [-0.3, -0.25) is 4.79 Å². The molecule has 1 rings (SSSR count). The molecule has 7 heteroatoms. The van der Waals surface area contributed by atoms with Crippen LogP contribution in [-0.2, 0) is 4.79 Å². The van der Waals surface area contributed by atoms with Crippen molar-refractivity contribution in [1.29, 1.82) is 0 Å². The van der Waals surface area contributed by atoms with Gasteiger partial charge in [0.1, 0.15) is 0 Å². The number of carboxylic acid groups (broad SMARTS) is 1. The van der Waals surface area contributed by atoms with Crippen molar-refractivity contribution in [2.45, 2.75) is 32.7 Å². The molecule has 1 atom stereocenters. The number of aliphatic carboxylic acids is 1. The van der Waals surface area contributed by atoms with E-state index in [0.717, 1.165) is 6.07 Å². The Morgan fingerprint density at radius 1 is 1.43 bits per heavy atom. The van der Waals surface area contributed by atoms with Crippen molar-refractivity contribution in [3.63, 3.8) is 0 Å². The Labute approximate surface area is 122 Å². The molecule has 0 saturated carbocycles. The number of amides is 2. The normalized spacial score (nSPS) is 11.6. The van der Waals surface area contributed by atoms with Crippen molar-refractivity contribution < 1.29 is 23.8 Å². The topological polar surface area (TPSA) is 87.7 Å². The fraction of sp³-hybridized carbons (Fsp3) is 0.429. The van der Waals surface area contributed by atoms with E-state index in [1.165, 1.54) is 12.1 Å². The number of ether oxygens (including phenoxy) is 1. The SMILES string of the molecule is CCOc1ccc(NC(=O)NC(C)CCC(=O)O)cc1F. The molecule has 0 radical (unpaired) electrons. The highest BCUT2D eigenvalue weighted by Crippen LogP contribution is 2.21. The zero-order valence-corrected chi connectivity index (χ0v) is 12.0. The molecule has 0 spiro atoms. The number of urea groups is 1. The van der Waals surface area contributed by atoms with E-state index in [9.17, 15) is 14.0 Å². The second-order valence-electron chi connectivity index (χ2n) is 4.51. The van der Waals surface area contributed by atoms with Crippen molar-refractivity contribution in [2.24, 2.45) is 0 Å². The maximum absolute atomic E-state index is 13.6. The highest BCUT2D eigenvalue weighted by atomic mass is 19.1. The highest BCUT2D eigenvalue weighted by molar-refractivity contribution is 5.89. The van der Waals surface area contributed by atoms with Crippen LogP contribution in [0.2, 0.25) is 0 Å². The van der Waals surface area contributed by atoms with E-state index >= 15 is 0 Å². The summed E-state index contributed by atoms with van der Waals surface area (Å²) in [6.07, 6.45) is 0.291. The number of halogens is 1. The number of carbonyl (C=O) groups excluding carboxylic acids is 1. The number of anilines is 1. The van der Waals surface area contributed by atoms with Crippen LogP contribution < -0.4 is 15.4 Å². The second-order valence-corrected chi connectivity index (χ2v) is 4.51. The molecule has 1 aromatic rings. The molecule has 0 saturated heterocycles. The highest BCUT2D eigenvalue weighted by Gasteiger charge is 2.10. The van der Waals surface area contributed by atoms with Gasteiger partial charge in [0.05, 0.1) is 6.61 Å². The maximum atomic E-state index is 13.6. The molecule has 0 aliphatic rings. The molecule has 0 aliphatic heterocycles. The third-order valence-corrected chi connectivity index (χ3v) is 2.66. The minimum Gasteiger partial charge on any atom is -0.491 e. The molecule has 0 fully saturated rings. The summed E-state index contributed by atoms with van der Waals surface area (Å²) < 4.78 is 18.7. The number of hydrogen-bond donors (Lipinski definition) is 3. The first kappa shape index (κ1) is 16.7. The van der Waals surface area contributed by atoms with Crippen molar-refractivity contribution >= 4 is 17.7 Å². The summed E-state index contributed by atoms with van der Waals surface area (Å²) in [6, 6.07) is 3.30. The molecule has 1 aromatic carbocycles. The summed E-state index contributed by atoms with van der Waals surface area (Å²) in [5.74, 6) is -1.36. The van der Waals surface area contributed by atoms with Gasteiger partial charge in [-0.25, -0.2) is 9.18 Å². The average Bonchev–Trinajstić information content (AvgIpc) is 2.39. The van der Waals surface area contributed by atoms with Crippen molar-refractivity contribution in [3.8, 4) is 5.75 Å². The Bertz CT molecular complexity index is 508. The standard InChI is InChI=1S/C14H19FN2O4/c1-3-21-12-6-5-10(8-11(12)15)17-14(20)16-9(2)4-7-13(18)19/h5-6,8-9H,3-4,7H2,1-2H3,(H,18,19)(H2,16,17,20). The number of carboxylic acids is 1. The van der Waals surface area contributed by atoms with Crippen molar-refractivity contribution in [1.82, 2.24) is 5.32 Å². The average molecular weight is 298 g/mol. The lowest BCUT2D eigenvalue weighted by molar-refractivity contribution is -0.137. The smallest absolute Gasteiger partial charge is 0.319 e. The van der Waals surface area contributed by atoms with Crippen LogP contribution in [0.4, 0.5) is 14.9 Å². The quantitative estimate of drug-likeness (QED) is 0.722. The monoisotopic (exact) mass is 298 g/mol. The van der Waals surface area contributed by atoms with E-state index in [1.807, 2.05) is 0 Å². The lowest BCUT2D eigenvalue weighted by Crippen LogP contribution is -2.36. The summed E-state index contributed by atoms with van der Waals surface area (Å²) >= 11 is 0. The largest absolute Gasteiger partial charge is 0.491 e. The van der Waals surface area contributed by atoms with Crippen LogP contribution in [0.15, 0.2) is 18.2 Å². The molecule has 6 nitrogen and oxygen atoms in total. The second kappa shape index (κ2) is 8.08. The van der Waals surface area contributed by atoms with Crippen LogP contribution in [0, 0.1) is 5.82 Å². The van der Waals surface area contributed by atoms with Crippen molar-refractivity contribution in [3.05, 3.63) is 24.0 Å². The van der Waals surface area contributed by atoms with Crippen LogP contribution in [0.5, 0.6) is 5.75 Å². The molecule has 116 valence electrons. The molecule has 1 unspecified atom stereocenters. The summed E-state index contributed by atoms with van der Waals surface area (Å²) in [5.41, 5.74) is 0.291. The van der Waals surface area contributed by atoms with Gasteiger partial charge in [0.25, 0.3) is 0 Å². The van der Waals surface area contributed by atoms with Gasteiger partial charge >= 0.3 is 12.0 Å². The van der Waals surface area contributed by atoms with Crippen LogP contribution in [0.25, 0.3) is 0 Å². The number of carbonyl (C=O) groups is 2. The molecular formula is C14H19FN2O4. The van der Waals surface area contributed by atoms with E-state index < -0.39 is 17.8 Å². The summed E-state index contributed by atoms with van der Waals surface area (Å²) in [4.78, 5) is 22.1. The first-order chi connectivity index (χ1) is 9.92. The predicted octanol–water partition coefficient (Wildman–Crippen LogP) is 2.60. The lowest BCUT2D eigenvalue weighted by atomic mass is 10.2. The Kier molecular flexibility index (Phi) is 6.45. The Morgan fingerprint density at radius 2 is 2.14 bits per heavy atom. The molecule has 0 aromatic heterocycles. The van der Waals surface area contributed by atoms with Gasteiger partial charge in [0, 0.05) is 24.2 Å². The molecule has 3 N–H and O–H groups in total. The number of rotatable bonds is 7. The summed E-state index contributed by atoms with van der Waals surface area (Å²) in [6.45, 7) is 3.80. The van der Waals surface area contributed by atoms with Crippen LogP contribution in [0.3, 0.4) is 0 Å². The van der Waals surface area contributed by atoms with E-state index in [-0.39, 0.29) is 18.2 Å². The van der Waals surface area contributed by atoms with Crippen LogP contribution in [0.1, 0.15) is 26.7 Å². The zero-order valence-electron chi connectivity index (χ0n) is 12.0. The molecular weight excluding hydrogens is 279 g/mol. The molecule has 0 aliphatic carbocycles. The number of hydrogen-bond acceptors (Lipinski definition) is 3. The Hall–Kier alpha value is -2.31. The Balaban J connectivity index is 2.51. The fourth-order valence-corrected chi connectivity index (χ4v) is 1.65. The van der Waals surface area contributed by atoms with E-state index in [1.54, 1.807) is 13.8 Å². The van der Waals surface area contributed by atoms with Gasteiger partial charge in [0.15, 0.2) is 11.6 Å². The van der Waals surface area contributed by atoms with E-state index in [0.29, 0.717) is 18.7 Å². The third kappa shape index (κ3) is 6.11. The molecule has 0 heterocycles. The van der Waals surface area contributed by atoms with Gasteiger partial charge in [0.2, 0.25) is 0 Å². The van der Waals surface area contributed by atoms with E-state index in [4.69, 9.17) is 9.84 Å². The fourth-order valence-electron chi connectivity index (χ4n) is 1.65. The van der Waals surface area contributed by atoms with Gasteiger partial charge in [-0.1, -0.05) is 0 Å². The zero-order chi connectivity index (χ0) is 15.8. The number of benzene rings is 1. The van der Waals surface area contributed by atoms with Gasteiger partial charge in [-0.15, -0.1) is 0 Å². The van der Waals surface area contributed by atoms with Crippen LogP contribution >= 0.6 is 0 Å². The third-order valence-electron chi connectivity index (χ3n) is 2.66. The van der Waals surface area contributed by atoms with Gasteiger partial charge in [-0.2, -0.15) is 0 Å². The van der Waals surface area contributed by atoms with E-state index in [2.05, 4.69) is 10.6 Å². The molecule has 0 bridgehead atoms. The summed E-state index contributed by atoms with van der Waals surface area (Å²) in [7, 11) is 0. The minimum atomic E-state index is -0.919. The number of nitrogens with one attached hydrogen (secondary N) is 2. The first-order valence-electron chi connectivity index (χ1n) is 6.64. The first-order valence-corrected chi connectivity index (χ1v) is 6.64. The van der Waals surface area contributed by atoms with Gasteiger partial charge in [-0.05, 0) is 32.4 Å². The van der Waals surface area contributed by atoms with Crippen molar-refractivity contribution in [2.75, 3.05) is 11.9 Å². The maximum Gasteiger partial charge on any atom is 0.319 e. The molecule has 21 heavy (non-hydrogen) atoms. The minimum absolute atomic E-state index is 0.0286. The Morgan fingerprint density at radius 3 is 2.71 bits per heavy atom. The van der Waals surface area contributed by atoms with Gasteiger partial charge < -0.3 is 20.5 Å². The lowest BCUT2D eigenvalue weighted by Gasteiger charge is -2.14. The molecule has 2 amide bonds. The van der Waals surface area contributed by atoms with Crippen LogP contribution in [-0.4, -0.2) is 29.8 Å².